The minimum Gasteiger partial charge on any atom is -0.497 e. The van der Waals surface area contributed by atoms with Gasteiger partial charge in [0, 0.05) is 0 Å². The lowest BCUT2D eigenvalue weighted by molar-refractivity contribution is 0.415. The van der Waals surface area contributed by atoms with Crippen LogP contribution in [-0.2, 0) is 0 Å². The molecule has 2 aromatic rings. The van der Waals surface area contributed by atoms with Crippen LogP contribution in [0.1, 0.15) is 37.2 Å². The van der Waals surface area contributed by atoms with Crippen LogP contribution in [-0.4, -0.2) is 7.11 Å². The summed E-state index contributed by atoms with van der Waals surface area (Å²) in [4.78, 5) is 0. The molecule has 1 radical (unpaired) electrons. The second-order valence-corrected chi connectivity index (χ2v) is 5.49. The topological polar surface area (TPSA) is 9.23 Å². The Labute approximate surface area is 121 Å². The number of rotatable bonds is 3. The van der Waals surface area contributed by atoms with Crippen LogP contribution in [0.15, 0.2) is 48.5 Å². The molecular weight excluding hydrogens is 244 g/mol. The summed E-state index contributed by atoms with van der Waals surface area (Å²) in [6, 6.07) is 17.4. The summed E-state index contributed by atoms with van der Waals surface area (Å²) in [5, 5.41) is 0. The van der Waals surface area contributed by atoms with Gasteiger partial charge in [-0.2, -0.15) is 0 Å². The Kier molecular flexibility index (Phi) is 4.05. The van der Waals surface area contributed by atoms with Gasteiger partial charge < -0.3 is 4.74 Å². The zero-order valence-electron chi connectivity index (χ0n) is 12.0. The fraction of sp³-hybridized carbons (Fsp3) is 0.316. The van der Waals surface area contributed by atoms with E-state index < -0.39 is 0 Å². The monoisotopic (exact) mass is 265 g/mol. The number of hydrogen-bond donors (Lipinski definition) is 0. The first kappa shape index (κ1) is 13.2. The van der Waals surface area contributed by atoms with Crippen LogP contribution in [0.3, 0.4) is 0 Å². The molecule has 0 spiro atoms. The smallest absolute Gasteiger partial charge is 0.118 e. The Bertz CT molecular complexity index is 533. The normalized spacial score (nSPS) is 16.1. The fourth-order valence-corrected chi connectivity index (χ4v) is 2.99. The molecule has 1 nitrogen and oxygen atoms in total. The molecule has 0 N–H and O–H groups in total. The van der Waals surface area contributed by atoms with Crippen molar-refractivity contribution in [2.45, 2.75) is 31.6 Å². The number of hydrogen-bond acceptors (Lipinski definition) is 1. The average Bonchev–Trinajstić information content (AvgIpc) is 2.56. The van der Waals surface area contributed by atoms with Crippen LogP contribution in [0.2, 0.25) is 0 Å². The molecule has 0 aromatic heterocycles. The predicted octanol–water partition coefficient (Wildman–Crippen LogP) is 5.22. The molecule has 0 heterocycles. The third-order valence-corrected chi connectivity index (χ3v) is 4.24. The van der Waals surface area contributed by atoms with Crippen LogP contribution < -0.4 is 4.74 Å². The number of ether oxygens (including phenoxy) is 1. The second kappa shape index (κ2) is 6.13. The Morgan fingerprint density at radius 1 is 0.800 bits per heavy atom. The molecule has 0 amide bonds. The van der Waals surface area contributed by atoms with Gasteiger partial charge in [0.05, 0.1) is 7.11 Å². The van der Waals surface area contributed by atoms with Crippen LogP contribution >= 0.6 is 0 Å². The minimum absolute atomic E-state index is 0.755. The van der Waals surface area contributed by atoms with E-state index in [1.807, 2.05) is 12.1 Å². The van der Waals surface area contributed by atoms with Crippen molar-refractivity contribution in [2.75, 3.05) is 7.11 Å². The van der Waals surface area contributed by atoms with Crippen molar-refractivity contribution < 1.29 is 4.74 Å². The number of methoxy groups -OCH3 is 1. The maximum absolute atomic E-state index is 5.20. The van der Waals surface area contributed by atoms with Crippen molar-refractivity contribution in [1.29, 1.82) is 0 Å². The highest BCUT2D eigenvalue weighted by atomic mass is 16.5. The molecule has 103 valence electrons. The Balaban J connectivity index is 1.77. The van der Waals surface area contributed by atoms with Gasteiger partial charge in [-0.1, -0.05) is 36.4 Å². The Hall–Kier alpha value is -1.76. The standard InChI is InChI=1S/C19H21O/c1-20-19-13-11-18(12-14-19)17-9-7-16(8-10-17)15-5-3-2-4-6-15/h2,7-15H,3-6H2,1H3. The summed E-state index contributed by atoms with van der Waals surface area (Å²) >= 11 is 0. The van der Waals surface area contributed by atoms with Crippen molar-refractivity contribution in [1.82, 2.24) is 0 Å². The van der Waals surface area contributed by atoms with E-state index in [2.05, 4.69) is 42.8 Å². The lowest BCUT2D eigenvalue weighted by atomic mass is 9.84. The van der Waals surface area contributed by atoms with Gasteiger partial charge in [-0.15, -0.1) is 0 Å². The van der Waals surface area contributed by atoms with Gasteiger partial charge in [0.25, 0.3) is 0 Å². The molecule has 0 bridgehead atoms. The van der Waals surface area contributed by atoms with Gasteiger partial charge in [0.15, 0.2) is 0 Å². The highest BCUT2D eigenvalue weighted by Crippen LogP contribution is 2.33. The molecule has 3 rings (SSSR count). The van der Waals surface area contributed by atoms with Crippen molar-refractivity contribution in [3.05, 3.63) is 60.5 Å². The van der Waals surface area contributed by atoms with E-state index in [-0.39, 0.29) is 0 Å². The predicted molar refractivity (Wildman–Crippen MR) is 83.9 cm³/mol. The summed E-state index contributed by atoms with van der Waals surface area (Å²) in [5.41, 5.74) is 4.02. The van der Waals surface area contributed by atoms with Crippen molar-refractivity contribution in [3.63, 3.8) is 0 Å². The van der Waals surface area contributed by atoms with Gasteiger partial charge in [-0.25, -0.2) is 0 Å². The lowest BCUT2D eigenvalue weighted by Gasteiger charge is -2.21. The minimum atomic E-state index is 0.755. The van der Waals surface area contributed by atoms with E-state index in [4.69, 9.17) is 4.74 Å². The van der Waals surface area contributed by atoms with Crippen molar-refractivity contribution in [3.8, 4) is 16.9 Å². The fourth-order valence-electron chi connectivity index (χ4n) is 2.99. The second-order valence-electron chi connectivity index (χ2n) is 5.49. The quantitative estimate of drug-likeness (QED) is 0.739. The van der Waals surface area contributed by atoms with Crippen LogP contribution in [0.25, 0.3) is 11.1 Å². The number of benzene rings is 2. The van der Waals surface area contributed by atoms with Crippen molar-refractivity contribution in [2.24, 2.45) is 0 Å². The van der Waals surface area contributed by atoms with E-state index >= 15 is 0 Å². The molecule has 20 heavy (non-hydrogen) atoms. The molecule has 1 saturated carbocycles. The largest absolute Gasteiger partial charge is 0.497 e. The first-order valence-corrected chi connectivity index (χ1v) is 7.43. The first-order chi connectivity index (χ1) is 9.86. The molecule has 1 heteroatoms. The van der Waals surface area contributed by atoms with E-state index in [0.29, 0.717) is 0 Å². The van der Waals surface area contributed by atoms with Gasteiger partial charge in [0.1, 0.15) is 5.75 Å². The Morgan fingerprint density at radius 2 is 1.35 bits per heavy atom. The maximum Gasteiger partial charge on any atom is 0.118 e. The summed E-state index contributed by atoms with van der Waals surface area (Å²) < 4.78 is 5.20. The molecule has 2 aromatic carbocycles. The van der Waals surface area contributed by atoms with E-state index in [1.54, 1.807) is 7.11 Å². The zero-order valence-corrected chi connectivity index (χ0v) is 12.0. The molecule has 0 aliphatic heterocycles. The summed E-state index contributed by atoms with van der Waals surface area (Å²) in [6.45, 7) is 0. The van der Waals surface area contributed by atoms with Gasteiger partial charge in [-0.05, 0) is 66.8 Å². The third-order valence-electron chi connectivity index (χ3n) is 4.24. The maximum atomic E-state index is 5.20. The molecular formula is C19H21O. The highest BCUT2D eigenvalue weighted by molar-refractivity contribution is 5.64. The zero-order chi connectivity index (χ0) is 13.8. The van der Waals surface area contributed by atoms with Gasteiger partial charge in [0.2, 0.25) is 0 Å². The lowest BCUT2D eigenvalue weighted by Crippen LogP contribution is -2.04. The summed E-state index contributed by atoms with van der Waals surface area (Å²) in [5.74, 6) is 1.66. The Morgan fingerprint density at radius 3 is 1.90 bits per heavy atom. The van der Waals surface area contributed by atoms with Crippen LogP contribution in [0, 0.1) is 6.42 Å². The molecule has 1 fully saturated rings. The molecule has 1 aliphatic carbocycles. The molecule has 0 saturated heterocycles. The summed E-state index contributed by atoms with van der Waals surface area (Å²) in [7, 11) is 1.70. The van der Waals surface area contributed by atoms with Crippen molar-refractivity contribution >= 4 is 0 Å². The van der Waals surface area contributed by atoms with Crippen LogP contribution in [0.5, 0.6) is 5.75 Å². The van der Waals surface area contributed by atoms with E-state index in [1.165, 1.54) is 42.4 Å². The molecule has 1 aliphatic rings. The van der Waals surface area contributed by atoms with Gasteiger partial charge in [-0.3, -0.25) is 0 Å². The molecule has 0 atom stereocenters. The van der Waals surface area contributed by atoms with E-state index in [0.717, 1.165) is 11.7 Å². The van der Waals surface area contributed by atoms with Gasteiger partial charge >= 0.3 is 0 Å². The average molecular weight is 265 g/mol. The van der Waals surface area contributed by atoms with E-state index in [9.17, 15) is 0 Å². The summed E-state index contributed by atoms with van der Waals surface area (Å²) in [6.07, 6.45) is 7.57. The molecule has 0 unspecified atom stereocenters. The first-order valence-electron chi connectivity index (χ1n) is 7.43. The van der Waals surface area contributed by atoms with Crippen LogP contribution in [0.4, 0.5) is 0 Å². The highest BCUT2D eigenvalue weighted by Gasteiger charge is 2.15. The SMILES string of the molecule is COc1ccc(-c2ccc(C3CC[CH]CC3)cc2)cc1. The third kappa shape index (κ3) is 2.87.